The van der Waals surface area contributed by atoms with Gasteiger partial charge < -0.3 is 0 Å². The van der Waals surface area contributed by atoms with Gasteiger partial charge in [0.15, 0.2) is 0 Å². The fourth-order valence-electron chi connectivity index (χ4n) is 1.94. The maximum absolute atomic E-state index is 12.7. The first kappa shape index (κ1) is 15.0. The molecule has 0 aliphatic rings. The molecule has 2 heterocycles. The van der Waals surface area contributed by atoms with E-state index in [2.05, 4.69) is 11.6 Å². The van der Waals surface area contributed by atoms with E-state index in [0.717, 1.165) is 21.3 Å². The smallest absolute Gasteiger partial charge is 0.280 e. The lowest BCUT2D eigenvalue weighted by Gasteiger charge is -2.12. The summed E-state index contributed by atoms with van der Waals surface area (Å²) >= 11 is 0. The lowest BCUT2D eigenvalue weighted by Crippen LogP contribution is -2.39. The second-order valence-corrected chi connectivity index (χ2v) is 4.76. The highest BCUT2D eigenvalue weighted by Crippen LogP contribution is 2.28. The number of halogens is 3. The van der Waals surface area contributed by atoms with Crippen LogP contribution in [0.4, 0.5) is 13.2 Å². The fourth-order valence-corrected chi connectivity index (χ4v) is 1.94. The van der Waals surface area contributed by atoms with E-state index < -0.39 is 23.1 Å². The van der Waals surface area contributed by atoms with Crippen molar-refractivity contribution in [2.24, 2.45) is 7.05 Å². The average Bonchev–Trinajstić information content (AvgIpc) is 2.39. The number of fused-ring (bicyclic) bond motifs is 1. The van der Waals surface area contributed by atoms with Crippen LogP contribution in [0.2, 0.25) is 0 Å². The van der Waals surface area contributed by atoms with Gasteiger partial charge in [-0.2, -0.15) is 13.2 Å². The zero-order valence-electron chi connectivity index (χ0n) is 11.4. The van der Waals surface area contributed by atoms with Crippen molar-refractivity contribution in [1.29, 1.82) is 0 Å². The summed E-state index contributed by atoms with van der Waals surface area (Å²) in [7, 11) is 1.27. The predicted octanol–water partition coefficient (Wildman–Crippen LogP) is 1.69. The van der Waals surface area contributed by atoms with Crippen molar-refractivity contribution in [3.8, 4) is 0 Å². The largest absolute Gasteiger partial charge is 0.433 e. The SMILES string of the molecule is C=C(C)Cn1c(=O)c2ccc(C(F)(F)F)nc2n(C)c1=O. The van der Waals surface area contributed by atoms with Crippen LogP contribution < -0.4 is 11.2 Å². The van der Waals surface area contributed by atoms with Gasteiger partial charge in [0.1, 0.15) is 11.3 Å². The van der Waals surface area contributed by atoms with E-state index in [4.69, 9.17) is 0 Å². The molecule has 0 amide bonds. The number of hydrogen-bond donors (Lipinski definition) is 0. The molecule has 0 unspecified atom stereocenters. The van der Waals surface area contributed by atoms with Crippen LogP contribution in [0, 0.1) is 0 Å². The Kier molecular flexibility index (Phi) is 3.48. The number of aryl methyl sites for hydroxylation is 1. The van der Waals surface area contributed by atoms with Crippen LogP contribution in [-0.2, 0) is 19.8 Å². The second kappa shape index (κ2) is 4.87. The summed E-state index contributed by atoms with van der Waals surface area (Å²) in [6.07, 6.45) is -4.64. The molecule has 21 heavy (non-hydrogen) atoms. The van der Waals surface area contributed by atoms with Gasteiger partial charge in [-0.25, -0.2) is 9.78 Å². The molecule has 0 fully saturated rings. The Bertz CT molecular complexity index is 847. The van der Waals surface area contributed by atoms with E-state index in [1.54, 1.807) is 6.92 Å². The molecule has 8 heteroatoms. The quantitative estimate of drug-likeness (QED) is 0.793. The molecule has 0 saturated carbocycles. The van der Waals surface area contributed by atoms with Gasteiger partial charge in [-0.05, 0) is 19.1 Å². The van der Waals surface area contributed by atoms with Gasteiger partial charge in [-0.3, -0.25) is 13.9 Å². The molecule has 0 aromatic carbocycles. The first-order valence-electron chi connectivity index (χ1n) is 5.95. The number of hydrogen-bond acceptors (Lipinski definition) is 3. The third-order valence-corrected chi connectivity index (χ3v) is 2.90. The Labute approximate surface area is 117 Å². The lowest BCUT2D eigenvalue weighted by molar-refractivity contribution is -0.141. The highest BCUT2D eigenvalue weighted by atomic mass is 19.4. The molecule has 2 aromatic rings. The zero-order chi connectivity index (χ0) is 15.9. The standard InChI is InChI=1S/C13H12F3N3O2/c1-7(2)6-19-11(20)8-4-5-9(13(14,15)16)17-10(8)18(3)12(19)21/h4-5H,1,6H2,2-3H3. The highest BCUT2D eigenvalue weighted by Gasteiger charge is 2.33. The summed E-state index contributed by atoms with van der Waals surface area (Å²) in [6.45, 7) is 5.26. The molecule has 0 aliphatic carbocycles. The first-order valence-corrected chi connectivity index (χ1v) is 5.95. The number of aromatic nitrogens is 3. The van der Waals surface area contributed by atoms with Crippen LogP contribution in [0.25, 0.3) is 11.0 Å². The molecule has 2 aromatic heterocycles. The Morgan fingerprint density at radius 1 is 1.33 bits per heavy atom. The summed E-state index contributed by atoms with van der Waals surface area (Å²) < 4.78 is 39.8. The van der Waals surface area contributed by atoms with E-state index in [0.29, 0.717) is 5.57 Å². The molecule has 0 spiro atoms. The Morgan fingerprint density at radius 3 is 2.48 bits per heavy atom. The van der Waals surface area contributed by atoms with Crippen molar-refractivity contribution in [1.82, 2.24) is 14.1 Å². The number of rotatable bonds is 2. The topological polar surface area (TPSA) is 56.9 Å². The van der Waals surface area contributed by atoms with Crippen LogP contribution in [0.3, 0.4) is 0 Å². The van der Waals surface area contributed by atoms with Crippen molar-refractivity contribution in [3.05, 3.63) is 50.8 Å². The summed E-state index contributed by atoms with van der Waals surface area (Å²) in [6, 6.07) is 1.75. The highest BCUT2D eigenvalue weighted by molar-refractivity contribution is 5.74. The first-order chi connectivity index (χ1) is 9.62. The molecule has 0 bridgehead atoms. The maximum atomic E-state index is 12.7. The molecule has 0 saturated heterocycles. The number of pyridine rings is 1. The molecule has 0 radical (unpaired) electrons. The zero-order valence-corrected chi connectivity index (χ0v) is 11.4. The predicted molar refractivity (Wildman–Crippen MR) is 71.1 cm³/mol. The van der Waals surface area contributed by atoms with E-state index in [1.807, 2.05) is 0 Å². The number of allylic oxidation sites excluding steroid dienone is 1. The molecular weight excluding hydrogens is 287 g/mol. The summed E-state index contributed by atoms with van der Waals surface area (Å²) in [5.41, 5.74) is -2.28. The second-order valence-electron chi connectivity index (χ2n) is 4.76. The van der Waals surface area contributed by atoms with Crippen LogP contribution in [-0.4, -0.2) is 14.1 Å². The van der Waals surface area contributed by atoms with Gasteiger partial charge >= 0.3 is 11.9 Å². The van der Waals surface area contributed by atoms with E-state index >= 15 is 0 Å². The van der Waals surface area contributed by atoms with Gasteiger partial charge in [0.05, 0.1) is 11.9 Å². The molecule has 0 N–H and O–H groups in total. The van der Waals surface area contributed by atoms with Crippen LogP contribution in [0.1, 0.15) is 12.6 Å². The summed E-state index contributed by atoms with van der Waals surface area (Å²) in [5.74, 6) is 0. The van der Waals surface area contributed by atoms with Crippen molar-refractivity contribution in [2.45, 2.75) is 19.6 Å². The van der Waals surface area contributed by atoms with Crippen LogP contribution in [0.5, 0.6) is 0 Å². The minimum absolute atomic E-state index is 0.00245. The summed E-state index contributed by atoms with van der Waals surface area (Å²) in [5, 5.41) is -0.0497. The van der Waals surface area contributed by atoms with E-state index in [-0.39, 0.29) is 17.6 Å². The van der Waals surface area contributed by atoms with Crippen molar-refractivity contribution < 1.29 is 13.2 Å². The molecule has 112 valence electrons. The monoisotopic (exact) mass is 299 g/mol. The average molecular weight is 299 g/mol. The van der Waals surface area contributed by atoms with Crippen LogP contribution in [0.15, 0.2) is 33.9 Å². The third kappa shape index (κ3) is 2.61. The number of nitrogens with zero attached hydrogens (tertiary/aromatic N) is 3. The minimum Gasteiger partial charge on any atom is -0.280 e. The van der Waals surface area contributed by atoms with E-state index in [1.165, 1.54) is 7.05 Å². The van der Waals surface area contributed by atoms with Crippen LogP contribution >= 0.6 is 0 Å². The minimum atomic E-state index is -4.64. The number of alkyl halides is 3. The Balaban J connectivity index is 2.86. The summed E-state index contributed by atoms with van der Waals surface area (Å²) in [4.78, 5) is 27.6. The van der Waals surface area contributed by atoms with Gasteiger partial charge in [-0.1, -0.05) is 12.2 Å². The molecule has 5 nitrogen and oxygen atoms in total. The van der Waals surface area contributed by atoms with Gasteiger partial charge in [0.25, 0.3) is 5.56 Å². The van der Waals surface area contributed by atoms with Gasteiger partial charge in [-0.15, -0.1) is 0 Å². The van der Waals surface area contributed by atoms with Gasteiger partial charge in [0, 0.05) is 7.05 Å². The van der Waals surface area contributed by atoms with E-state index in [9.17, 15) is 22.8 Å². The maximum Gasteiger partial charge on any atom is 0.433 e. The van der Waals surface area contributed by atoms with Crippen molar-refractivity contribution >= 4 is 11.0 Å². The Morgan fingerprint density at radius 2 is 1.95 bits per heavy atom. The lowest BCUT2D eigenvalue weighted by atomic mass is 10.2. The third-order valence-electron chi connectivity index (χ3n) is 2.90. The molecule has 0 atom stereocenters. The van der Waals surface area contributed by atoms with Crippen molar-refractivity contribution in [3.63, 3.8) is 0 Å². The van der Waals surface area contributed by atoms with Gasteiger partial charge in [0.2, 0.25) is 0 Å². The van der Waals surface area contributed by atoms with Crippen molar-refractivity contribution in [2.75, 3.05) is 0 Å². The normalized spacial score (nSPS) is 11.9. The Hall–Kier alpha value is -2.38. The fraction of sp³-hybridized carbons (Fsp3) is 0.308. The molecular formula is C13H12F3N3O2. The molecule has 0 aliphatic heterocycles. The molecule has 2 rings (SSSR count).